The molecular weight excluding hydrogens is 350 g/mol. The normalized spacial score (nSPS) is 10.8. The third-order valence-corrected chi connectivity index (χ3v) is 4.82. The lowest BCUT2D eigenvalue weighted by Gasteiger charge is -2.08. The number of para-hydroxylation sites is 1. The molecule has 1 amide bonds. The number of nitriles is 1. The van der Waals surface area contributed by atoms with Crippen molar-refractivity contribution >= 4 is 33.2 Å². The summed E-state index contributed by atoms with van der Waals surface area (Å²) in [7, 11) is -3.70. The smallest absolute Gasteiger partial charge is 0.240 e. The Bertz CT molecular complexity index is 874. The molecule has 6 nitrogen and oxygen atoms in total. The minimum Gasteiger partial charge on any atom is -0.325 e. The van der Waals surface area contributed by atoms with Crippen LogP contribution in [0.2, 0.25) is 5.02 Å². The van der Waals surface area contributed by atoms with E-state index in [0.717, 1.165) is 0 Å². The number of anilines is 1. The number of rotatable bonds is 6. The third kappa shape index (κ3) is 4.80. The summed E-state index contributed by atoms with van der Waals surface area (Å²) < 4.78 is 26.5. The van der Waals surface area contributed by atoms with Crippen molar-refractivity contribution in [2.45, 2.75) is 11.3 Å². The molecule has 0 heterocycles. The van der Waals surface area contributed by atoms with Gasteiger partial charge in [0.2, 0.25) is 15.9 Å². The van der Waals surface area contributed by atoms with Gasteiger partial charge < -0.3 is 5.32 Å². The van der Waals surface area contributed by atoms with Crippen LogP contribution >= 0.6 is 11.6 Å². The molecule has 0 unspecified atom stereocenters. The first-order valence-electron chi connectivity index (χ1n) is 6.96. The summed E-state index contributed by atoms with van der Waals surface area (Å²) in [6, 6.07) is 14.3. The maximum atomic E-state index is 12.1. The van der Waals surface area contributed by atoms with Gasteiger partial charge in [0.15, 0.2) is 0 Å². The summed E-state index contributed by atoms with van der Waals surface area (Å²) >= 11 is 5.72. The van der Waals surface area contributed by atoms with Crippen molar-refractivity contribution in [3.63, 3.8) is 0 Å². The minimum absolute atomic E-state index is 0.0629. The van der Waals surface area contributed by atoms with Gasteiger partial charge in [-0.3, -0.25) is 4.79 Å². The number of carbonyl (C=O) groups is 1. The molecule has 0 atom stereocenters. The molecule has 0 aliphatic heterocycles. The minimum atomic E-state index is -3.70. The number of benzene rings is 2. The van der Waals surface area contributed by atoms with Gasteiger partial charge in [-0.25, -0.2) is 13.1 Å². The fraction of sp³-hybridized carbons (Fsp3) is 0.125. The molecule has 24 heavy (non-hydrogen) atoms. The summed E-state index contributed by atoms with van der Waals surface area (Å²) in [5.41, 5.74) is 0.734. The first-order chi connectivity index (χ1) is 11.4. The number of hydrogen-bond donors (Lipinski definition) is 2. The average molecular weight is 364 g/mol. The highest BCUT2D eigenvalue weighted by atomic mass is 35.5. The highest BCUT2D eigenvalue weighted by molar-refractivity contribution is 7.89. The Morgan fingerprint density at radius 2 is 1.79 bits per heavy atom. The van der Waals surface area contributed by atoms with Crippen LogP contribution in [0.1, 0.15) is 12.0 Å². The zero-order chi connectivity index (χ0) is 17.6. The highest BCUT2D eigenvalue weighted by Crippen LogP contribution is 2.15. The second-order valence-corrected chi connectivity index (χ2v) is 7.01. The Balaban J connectivity index is 1.90. The average Bonchev–Trinajstić information content (AvgIpc) is 2.55. The van der Waals surface area contributed by atoms with E-state index in [1.54, 1.807) is 24.3 Å². The Hall–Kier alpha value is -2.40. The molecule has 2 rings (SSSR count). The van der Waals surface area contributed by atoms with Gasteiger partial charge in [-0.05, 0) is 36.4 Å². The molecule has 0 aliphatic rings. The van der Waals surface area contributed by atoms with Gasteiger partial charge in [-0.15, -0.1) is 0 Å². The number of carbonyl (C=O) groups excluding carboxylic acids is 1. The second-order valence-electron chi connectivity index (χ2n) is 4.81. The Morgan fingerprint density at radius 3 is 2.46 bits per heavy atom. The number of amides is 1. The van der Waals surface area contributed by atoms with E-state index >= 15 is 0 Å². The van der Waals surface area contributed by atoms with Gasteiger partial charge in [-0.1, -0.05) is 23.7 Å². The number of hydrogen-bond acceptors (Lipinski definition) is 4. The Labute approximate surface area is 145 Å². The van der Waals surface area contributed by atoms with Crippen molar-refractivity contribution in [2.75, 3.05) is 11.9 Å². The molecule has 2 aromatic carbocycles. The molecule has 0 aromatic heterocycles. The number of nitrogens with zero attached hydrogens (tertiary/aromatic N) is 1. The summed E-state index contributed by atoms with van der Waals surface area (Å²) in [5, 5.41) is 12.0. The van der Waals surface area contributed by atoms with Crippen LogP contribution in [0.5, 0.6) is 0 Å². The molecular formula is C16H14ClN3O3S. The topological polar surface area (TPSA) is 99.1 Å². The lowest BCUT2D eigenvalue weighted by molar-refractivity contribution is -0.116. The summed E-state index contributed by atoms with van der Waals surface area (Å²) in [6.45, 7) is -0.0640. The van der Waals surface area contributed by atoms with Crippen LogP contribution in [0.25, 0.3) is 0 Å². The molecule has 8 heteroatoms. The van der Waals surface area contributed by atoms with E-state index in [0.29, 0.717) is 16.3 Å². The first kappa shape index (κ1) is 17.9. The fourth-order valence-electron chi connectivity index (χ4n) is 1.90. The summed E-state index contributed by atoms with van der Waals surface area (Å²) in [5.74, 6) is -0.392. The van der Waals surface area contributed by atoms with Gasteiger partial charge in [0.1, 0.15) is 6.07 Å². The molecule has 2 N–H and O–H groups in total. The van der Waals surface area contributed by atoms with Gasteiger partial charge in [0.25, 0.3) is 0 Å². The van der Waals surface area contributed by atoms with Crippen LogP contribution < -0.4 is 10.0 Å². The molecule has 0 aliphatic carbocycles. The fourth-order valence-corrected chi connectivity index (χ4v) is 3.06. The zero-order valence-corrected chi connectivity index (χ0v) is 14.1. The molecule has 0 spiro atoms. The molecule has 0 radical (unpaired) electrons. The number of nitrogens with one attached hydrogen (secondary N) is 2. The van der Waals surface area contributed by atoms with Crippen molar-refractivity contribution in [3.8, 4) is 6.07 Å². The maximum Gasteiger partial charge on any atom is 0.240 e. The van der Waals surface area contributed by atoms with Gasteiger partial charge >= 0.3 is 0 Å². The highest BCUT2D eigenvalue weighted by Gasteiger charge is 2.14. The lowest BCUT2D eigenvalue weighted by Crippen LogP contribution is -2.27. The van der Waals surface area contributed by atoms with Crippen molar-refractivity contribution in [3.05, 3.63) is 59.1 Å². The van der Waals surface area contributed by atoms with E-state index in [1.807, 2.05) is 6.07 Å². The number of sulfonamides is 1. The quantitative estimate of drug-likeness (QED) is 0.823. The van der Waals surface area contributed by atoms with Crippen LogP contribution in [0.4, 0.5) is 5.69 Å². The van der Waals surface area contributed by atoms with E-state index < -0.39 is 15.9 Å². The molecule has 0 saturated heterocycles. The zero-order valence-electron chi connectivity index (χ0n) is 12.5. The van der Waals surface area contributed by atoms with Crippen LogP contribution in [0.3, 0.4) is 0 Å². The van der Waals surface area contributed by atoms with Gasteiger partial charge in [0.05, 0.1) is 16.1 Å². The van der Waals surface area contributed by atoms with E-state index in [9.17, 15) is 13.2 Å². The van der Waals surface area contributed by atoms with E-state index in [-0.39, 0.29) is 17.9 Å². The number of halogens is 1. The van der Waals surface area contributed by atoms with Crippen molar-refractivity contribution < 1.29 is 13.2 Å². The van der Waals surface area contributed by atoms with E-state index in [2.05, 4.69) is 10.0 Å². The standard InChI is InChI=1S/C16H14ClN3O3S/c17-13-5-7-14(8-6-13)24(22,23)19-10-9-16(21)20-15-4-2-1-3-12(15)11-18/h1-8,19H,9-10H2,(H,20,21). The van der Waals surface area contributed by atoms with Crippen molar-refractivity contribution in [1.82, 2.24) is 4.72 Å². The van der Waals surface area contributed by atoms with Crippen LogP contribution in [-0.4, -0.2) is 20.9 Å². The van der Waals surface area contributed by atoms with Crippen LogP contribution in [0, 0.1) is 11.3 Å². The van der Waals surface area contributed by atoms with Crippen LogP contribution in [0.15, 0.2) is 53.4 Å². The summed E-state index contributed by atoms with van der Waals surface area (Å²) in [4.78, 5) is 11.9. The molecule has 0 saturated carbocycles. The van der Waals surface area contributed by atoms with Crippen molar-refractivity contribution in [2.24, 2.45) is 0 Å². The Kier molecular flexibility index (Phi) is 5.93. The molecule has 124 valence electrons. The molecule has 2 aromatic rings. The maximum absolute atomic E-state index is 12.1. The second kappa shape index (κ2) is 7.93. The predicted molar refractivity (Wildman–Crippen MR) is 91.0 cm³/mol. The van der Waals surface area contributed by atoms with Gasteiger partial charge in [0, 0.05) is 18.0 Å². The molecule has 0 bridgehead atoms. The predicted octanol–water partition coefficient (Wildman–Crippen LogP) is 2.52. The van der Waals surface area contributed by atoms with Crippen molar-refractivity contribution in [1.29, 1.82) is 5.26 Å². The summed E-state index contributed by atoms with van der Waals surface area (Å²) in [6.07, 6.45) is -0.0629. The monoisotopic (exact) mass is 363 g/mol. The Morgan fingerprint density at radius 1 is 1.12 bits per heavy atom. The lowest BCUT2D eigenvalue weighted by atomic mass is 10.2. The molecule has 0 fully saturated rings. The van der Waals surface area contributed by atoms with Crippen LogP contribution in [-0.2, 0) is 14.8 Å². The SMILES string of the molecule is N#Cc1ccccc1NC(=O)CCNS(=O)(=O)c1ccc(Cl)cc1. The van der Waals surface area contributed by atoms with E-state index in [4.69, 9.17) is 16.9 Å². The van der Waals surface area contributed by atoms with Gasteiger partial charge in [-0.2, -0.15) is 5.26 Å². The third-order valence-electron chi connectivity index (χ3n) is 3.09. The largest absolute Gasteiger partial charge is 0.325 e. The first-order valence-corrected chi connectivity index (χ1v) is 8.83. The van der Waals surface area contributed by atoms with E-state index in [1.165, 1.54) is 24.3 Å².